The van der Waals surface area contributed by atoms with Crippen molar-refractivity contribution in [1.29, 1.82) is 0 Å². The lowest BCUT2D eigenvalue weighted by Crippen LogP contribution is -2.16. The van der Waals surface area contributed by atoms with E-state index in [-0.39, 0.29) is 31.5 Å². The predicted octanol–water partition coefficient (Wildman–Crippen LogP) is 3.84. The van der Waals surface area contributed by atoms with Gasteiger partial charge in [-0.25, -0.2) is 19.6 Å². The lowest BCUT2D eigenvalue weighted by molar-refractivity contribution is -0.147. The van der Waals surface area contributed by atoms with Gasteiger partial charge in [0.2, 0.25) is 0 Å². The highest BCUT2D eigenvalue weighted by Crippen LogP contribution is 2.33. The summed E-state index contributed by atoms with van der Waals surface area (Å²) in [5.74, 6) is -0.0636. The smallest absolute Gasteiger partial charge is 0.348 e. The van der Waals surface area contributed by atoms with Crippen LogP contribution in [0.25, 0.3) is 10.2 Å². The van der Waals surface area contributed by atoms with Gasteiger partial charge in [0, 0.05) is 5.02 Å². The zero-order valence-electron chi connectivity index (χ0n) is 16.7. The van der Waals surface area contributed by atoms with Crippen molar-refractivity contribution in [1.82, 2.24) is 9.97 Å². The highest BCUT2D eigenvalue weighted by Gasteiger charge is 2.20. The van der Waals surface area contributed by atoms with Crippen LogP contribution in [0.15, 0.2) is 18.2 Å². The maximum atomic E-state index is 12.1. The highest BCUT2D eigenvalue weighted by molar-refractivity contribution is 7.20. The number of halogens is 1. The number of hydrogen-bond donors (Lipinski definition) is 1. The zero-order chi connectivity index (χ0) is 21.8. The van der Waals surface area contributed by atoms with Gasteiger partial charge in [-0.2, -0.15) is 0 Å². The lowest BCUT2D eigenvalue weighted by Gasteiger charge is -2.08. The van der Waals surface area contributed by atoms with Crippen LogP contribution in [-0.4, -0.2) is 35.1 Å². The molecule has 0 aliphatic rings. The average Bonchev–Trinajstić information content (AvgIpc) is 3.04. The summed E-state index contributed by atoms with van der Waals surface area (Å²) < 4.78 is 15.6. The molecule has 0 aliphatic heterocycles. The van der Waals surface area contributed by atoms with E-state index in [1.807, 2.05) is 6.92 Å². The summed E-state index contributed by atoms with van der Waals surface area (Å²) in [7, 11) is 0. The number of ether oxygens (including phenoxy) is 3. The molecule has 0 atom stereocenters. The van der Waals surface area contributed by atoms with Gasteiger partial charge in [-0.3, -0.25) is 0 Å². The number of aryl methyl sites for hydroxylation is 2. The molecule has 0 fully saturated rings. The fourth-order valence-electron chi connectivity index (χ4n) is 2.71. The molecule has 0 saturated heterocycles. The first-order valence-electron chi connectivity index (χ1n) is 9.07. The summed E-state index contributed by atoms with van der Waals surface area (Å²) in [5.41, 5.74) is 7.55. The minimum absolute atomic E-state index is 0.173. The molecule has 158 valence electrons. The van der Waals surface area contributed by atoms with E-state index in [0.717, 1.165) is 16.9 Å². The summed E-state index contributed by atoms with van der Waals surface area (Å²) in [4.78, 5) is 33.6. The van der Waals surface area contributed by atoms with E-state index in [1.54, 1.807) is 32.0 Å². The Labute approximate surface area is 181 Å². The molecular weight excluding hydrogens is 430 g/mol. The Bertz CT molecular complexity index is 1120. The van der Waals surface area contributed by atoms with Crippen LogP contribution in [0.4, 0.5) is 5.82 Å². The minimum atomic E-state index is -0.584. The van der Waals surface area contributed by atoms with E-state index in [9.17, 15) is 9.59 Å². The second-order valence-corrected chi connectivity index (χ2v) is 7.75. The molecule has 10 heteroatoms. The fraction of sp³-hybridized carbons (Fsp3) is 0.300. The number of carbonyl (C=O) groups excluding carboxylic acids is 2. The highest BCUT2D eigenvalue weighted by atomic mass is 35.5. The third-order valence-electron chi connectivity index (χ3n) is 4.17. The van der Waals surface area contributed by atoms with Crippen LogP contribution >= 0.6 is 22.9 Å². The maximum Gasteiger partial charge on any atom is 0.348 e. The largest absolute Gasteiger partial charge is 0.482 e. The Morgan fingerprint density at radius 1 is 1.20 bits per heavy atom. The maximum absolute atomic E-state index is 12.1. The van der Waals surface area contributed by atoms with E-state index >= 15 is 0 Å². The predicted molar refractivity (Wildman–Crippen MR) is 114 cm³/mol. The molecule has 0 aliphatic carbocycles. The first kappa shape index (κ1) is 21.8. The SMILES string of the molecule is CCOC(=O)c1sc2nc(COC(=O)COc3ccc(Cl)c(C)c3)nc(N)c2c1C. The number of nitrogen functional groups attached to an aromatic ring is 1. The number of benzene rings is 1. The van der Waals surface area contributed by atoms with Crippen molar-refractivity contribution < 1.29 is 23.8 Å². The fourth-order valence-corrected chi connectivity index (χ4v) is 3.93. The summed E-state index contributed by atoms with van der Waals surface area (Å²) in [6.07, 6.45) is 0. The molecule has 0 unspecified atom stereocenters. The molecule has 30 heavy (non-hydrogen) atoms. The Kier molecular flexibility index (Phi) is 6.73. The monoisotopic (exact) mass is 449 g/mol. The first-order valence-corrected chi connectivity index (χ1v) is 10.3. The summed E-state index contributed by atoms with van der Waals surface area (Å²) in [6.45, 7) is 5.16. The molecule has 3 rings (SSSR count). The van der Waals surface area contributed by atoms with E-state index in [0.29, 0.717) is 31.4 Å². The second-order valence-electron chi connectivity index (χ2n) is 6.34. The molecule has 2 aromatic heterocycles. The summed E-state index contributed by atoms with van der Waals surface area (Å²) in [6, 6.07) is 5.09. The Balaban J connectivity index is 1.66. The number of anilines is 1. The quantitative estimate of drug-likeness (QED) is 0.541. The molecule has 2 heterocycles. The topological polar surface area (TPSA) is 114 Å². The normalized spacial score (nSPS) is 10.8. The van der Waals surface area contributed by atoms with Crippen LogP contribution in [0.3, 0.4) is 0 Å². The molecule has 0 saturated carbocycles. The Morgan fingerprint density at radius 2 is 1.97 bits per heavy atom. The molecule has 0 radical (unpaired) electrons. The van der Waals surface area contributed by atoms with Crippen molar-refractivity contribution in [3.8, 4) is 5.75 Å². The third-order valence-corrected chi connectivity index (χ3v) is 5.76. The number of carbonyl (C=O) groups is 2. The number of nitrogens with zero attached hydrogens (tertiary/aromatic N) is 2. The number of aromatic nitrogens is 2. The van der Waals surface area contributed by atoms with Gasteiger partial charge >= 0.3 is 11.9 Å². The average molecular weight is 450 g/mol. The number of esters is 2. The number of fused-ring (bicyclic) bond motifs is 1. The minimum Gasteiger partial charge on any atom is -0.482 e. The molecule has 3 aromatic rings. The van der Waals surface area contributed by atoms with Gasteiger partial charge < -0.3 is 19.9 Å². The third kappa shape index (κ3) is 4.80. The number of rotatable bonds is 7. The van der Waals surface area contributed by atoms with E-state index in [4.69, 9.17) is 31.5 Å². The first-order chi connectivity index (χ1) is 14.3. The van der Waals surface area contributed by atoms with Crippen LogP contribution in [0, 0.1) is 13.8 Å². The van der Waals surface area contributed by atoms with Gasteiger partial charge in [0.05, 0.1) is 12.0 Å². The van der Waals surface area contributed by atoms with E-state index in [1.165, 1.54) is 0 Å². The van der Waals surface area contributed by atoms with Gasteiger partial charge in [0.25, 0.3) is 0 Å². The number of hydrogen-bond acceptors (Lipinski definition) is 9. The molecule has 2 N–H and O–H groups in total. The van der Waals surface area contributed by atoms with Crippen LogP contribution in [0.1, 0.15) is 33.5 Å². The molecule has 1 aromatic carbocycles. The van der Waals surface area contributed by atoms with Gasteiger partial charge in [-0.15, -0.1) is 11.3 Å². The van der Waals surface area contributed by atoms with E-state index < -0.39 is 11.9 Å². The van der Waals surface area contributed by atoms with Gasteiger partial charge in [-0.1, -0.05) is 11.6 Å². The molecule has 0 spiro atoms. The van der Waals surface area contributed by atoms with Gasteiger partial charge in [0.1, 0.15) is 21.3 Å². The second kappa shape index (κ2) is 9.27. The van der Waals surface area contributed by atoms with Gasteiger partial charge in [-0.05, 0) is 50.1 Å². The molecular formula is C20H20ClN3O5S. The Morgan fingerprint density at radius 3 is 2.67 bits per heavy atom. The van der Waals surface area contributed by atoms with Crippen molar-refractivity contribution in [3.05, 3.63) is 45.1 Å². The zero-order valence-corrected chi connectivity index (χ0v) is 18.2. The lowest BCUT2D eigenvalue weighted by atomic mass is 10.2. The Hall–Kier alpha value is -2.91. The molecule has 8 nitrogen and oxygen atoms in total. The van der Waals surface area contributed by atoms with Crippen molar-refractivity contribution in [3.63, 3.8) is 0 Å². The van der Waals surface area contributed by atoms with Crippen molar-refractivity contribution >= 4 is 50.9 Å². The van der Waals surface area contributed by atoms with E-state index in [2.05, 4.69) is 9.97 Å². The van der Waals surface area contributed by atoms with Crippen molar-refractivity contribution in [2.45, 2.75) is 27.4 Å². The van der Waals surface area contributed by atoms with Crippen LogP contribution in [0.2, 0.25) is 5.02 Å². The number of thiophene rings is 1. The van der Waals surface area contributed by atoms with Crippen LogP contribution < -0.4 is 10.5 Å². The summed E-state index contributed by atoms with van der Waals surface area (Å²) >= 11 is 7.13. The molecule has 0 amide bonds. The molecule has 0 bridgehead atoms. The van der Waals surface area contributed by atoms with Crippen LogP contribution in [0.5, 0.6) is 5.75 Å². The van der Waals surface area contributed by atoms with Crippen LogP contribution in [-0.2, 0) is 20.9 Å². The van der Waals surface area contributed by atoms with Crippen molar-refractivity contribution in [2.24, 2.45) is 0 Å². The van der Waals surface area contributed by atoms with Crippen molar-refractivity contribution in [2.75, 3.05) is 18.9 Å². The van der Waals surface area contributed by atoms with Gasteiger partial charge in [0.15, 0.2) is 19.0 Å². The standard InChI is InChI=1S/C20H20ClN3O5S/c1-4-27-20(26)17-11(3)16-18(22)23-14(24-19(16)30-17)8-29-15(25)9-28-12-5-6-13(21)10(2)7-12/h5-7H,4,8-9H2,1-3H3,(H2,22,23,24). The number of nitrogens with two attached hydrogens (primary N) is 1. The summed E-state index contributed by atoms with van der Waals surface area (Å²) in [5, 5.41) is 1.21.